The van der Waals surface area contributed by atoms with E-state index >= 15 is 0 Å². The predicted molar refractivity (Wildman–Crippen MR) is 55.4 cm³/mol. The summed E-state index contributed by atoms with van der Waals surface area (Å²) in [7, 11) is 0. The molecule has 0 saturated carbocycles. The van der Waals surface area contributed by atoms with Crippen LogP contribution < -0.4 is 4.74 Å². The van der Waals surface area contributed by atoms with Crippen LogP contribution in [0, 0.1) is 0 Å². The van der Waals surface area contributed by atoms with Gasteiger partial charge in [-0.25, -0.2) is 0 Å². The zero-order valence-electron chi connectivity index (χ0n) is 8.22. The van der Waals surface area contributed by atoms with Gasteiger partial charge in [-0.3, -0.25) is 0 Å². The molecule has 0 aliphatic rings. The van der Waals surface area contributed by atoms with Crippen molar-refractivity contribution in [2.75, 3.05) is 0 Å². The van der Waals surface area contributed by atoms with E-state index < -0.39 is 0 Å². The third-order valence-electron chi connectivity index (χ3n) is 2.04. The highest BCUT2D eigenvalue weighted by Gasteiger charge is 2.01. The van der Waals surface area contributed by atoms with Gasteiger partial charge in [0.25, 0.3) is 5.95 Å². The molecule has 1 N–H and O–H groups in total. The Kier molecular flexibility index (Phi) is 3.05. The first-order valence-corrected chi connectivity index (χ1v) is 4.73. The van der Waals surface area contributed by atoms with Gasteiger partial charge in [-0.05, 0) is 5.56 Å². The molecule has 78 valence electrons. The van der Waals surface area contributed by atoms with Gasteiger partial charge in [0.1, 0.15) is 12.9 Å². The topological polar surface area (TPSA) is 42.6 Å². The zero-order valence-corrected chi connectivity index (χ0v) is 8.22. The Balaban J connectivity index is 1.93. The fourth-order valence-electron chi connectivity index (χ4n) is 1.24. The molecule has 3 nitrogen and oxygen atoms in total. The van der Waals surface area contributed by atoms with E-state index in [0.717, 1.165) is 11.1 Å². The van der Waals surface area contributed by atoms with Crippen LogP contribution in [0.15, 0.2) is 47.1 Å². The highest BCUT2D eigenvalue weighted by atomic mass is 16.6. The van der Waals surface area contributed by atoms with Gasteiger partial charge in [-0.2, -0.15) is 0 Å². The van der Waals surface area contributed by atoms with Crippen molar-refractivity contribution in [2.45, 2.75) is 13.2 Å². The number of hydrogen-bond donors (Lipinski definition) is 1. The number of benzene rings is 1. The van der Waals surface area contributed by atoms with Crippen LogP contribution >= 0.6 is 0 Å². The number of rotatable bonds is 4. The van der Waals surface area contributed by atoms with Crippen molar-refractivity contribution in [3.8, 4) is 5.95 Å². The van der Waals surface area contributed by atoms with Gasteiger partial charge in [0.2, 0.25) is 0 Å². The Hall–Kier alpha value is -1.74. The van der Waals surface area contributed by atoms with Crippen LogP contribution in [0.1, 0.15) is 11.1 Å². The molecule has 2 rings (SSSR count). The van der Waals surface area contributed by atoms with Crippen molar-refractivity contribution in [1.29, 1.82) is 0 Å². The van der Waals surface area contributed by atoms with Crippen LogP contribution in [0.2, 0.25) is 0 Å². The Bertz CT molecular complexity index is 406. The first-order chi connectivity index (χ1) is 7.38. The lowest BCUT2D eigenvalue weighted by Crippen LogP contribution is -1.93. The molecule has 3 heteroatoms. The molecule has 0 fully saturated rings. The Morgan fingerprint density at radius 3 is 2.60 bits per heavy atom. The van der Waals surface area contributed by atoms with Crippen LogP contribution in [-0.4, -0.2) is 5.11 Å². The van der Waals surface area contributed by atoms with Gasteiger partial charge in [0, 0.05) is 11.6 Å². The molecule has 0 radical (unpaired) electrons. The zero-order chi connectivity index (χ0) is 10.5. The van der Waals surface area contributed by atoms with E-state index in [1.165, 1.54) is 6.26 Å². The fraction of sp³-hybridized carbons (Fsp3) is 0.167. The molecule has 0 aliphatic carbocycles. The number of hydrogen-bond acceptors (Lipinski definition) is 3. The SMILES string of the molecule is OCc1coc(OCc2ccccc2)c1. The third-order valence-corrected chi connectivity index (χ3v) is 2.04. The van der Waals surface area contributed by atoms with Gasteiger partial charge >= 0.3 is 0 Å². The summed E-state index contributed by atoms with van der Waals surface area (Å²) in [6.07, 6.45) is 1.49. The minimum absolute atomic E-state index is 0.0296. The second kappa shape index (κ2) is 4.66. The van der Waals surface area contributed by atoms with Crippen LogP contribution in [0.25, 0.3) is 0 Å². The van der Waals surface area contributed by atoms with Crippen LogP contribution in [0.5, 0.6) is 5.95 Å². The summed E-state index contributed by atoms with van der Waals surface area (Å²) < 4.78 is 10.5. The molecule has 0 spiro atoms. The van der Waals surface area contributed by atoms with Crippen molar-refractivity contribution >= 4 is 0 Å². The minimum atomic E-state index is -0.0296. The van der Waals surface area contributed by atoms with Crippen molar-refractivity contribution < 1.29 is 14.3 Å². The summed E-state index contributed by atoms with van der Waals surface area (Å²) in [5.41, 5.74) is 1.80. The van der Waals surface area contributed by atoms with Gasteiger partial charge in [-0.1, -0.05) is 30.3 Å². The maximum Gasteiger partial charge on any atom is 0.284 e. The smallest absolute Gasteiger partial charge is 0.284 e. The maximum absolute atomic E-state index is 8.82. The quantitative estimate of drug-likeness (QED) is 0.831. The lowest BCUT2D eigenvalue weighted by atomic mass is 10.2. The largest absolute Gasteiger partial charge is 0.460 e. The minimum Gasteiger partial charge on any atom is -0.460 e. The molecule has 1 heterocycles. The number of aliphatic hydroxyl groups is 1. The highest BCUT2D eigenvalue weighted by Crippen LogP contribution is 2.17. The van der Waals surface area contributed by atoms with Gasteiger partial charge in [-0.15, -0.1) is 0 Å². The molecule has 0 aliphatic heterocycles. The second-order valence-corrected chi connectivity index (χ2v) is 3.21. The molecular weight excluding hydrogens is 192 g/mol. The van der Waals surface area contributed by atoms with E-state index in [-0.39, 0.29) is 6.61 Å². The molecule has 0 bridgehead atoms. The van der Waals surface area contributed by atoms with E-state index in [1.807, 2.05) is 30.3 Å². The Morgan fingerprint density at radius 1 is 1.13 bits per heavy atom. The average Bonchev–Trinajstić information content (AvgIpc) is 2.76. The summed E-state index contributed by atoms with van der Waals surface area (Å²) in [4.78, 5) is 0. The molecule has 0 amide bonds. The summed E-state index contributed by atoms with van der Waals surface area (Å²) in [6, 6.07) is 11.5. The standard InChI is InChI=1S/C12H12O3/c13-7-11-6-12(15-9-11)14-8-10-4-2-1-3-5-10/h1-6,9,13H,7-8H2. The van der Waals surface area contributed by atoms with Crippen molar-refractivity contribution in [2.24, 2.45) is 0 Å². The molecular formula is C12H12O3. The van der Waals surface area contributed by atoms with Crippen LogP contribution in [0.3, 0.4) is 0 Å². The third kappa shape index (κ3) is 2.60. The summed E-state index contributed by atoms with van der Waals surface area (Å²) in [5.74, 6) is 0.433. The molecule has 15 heavy (non-hydrogen) atoms. The summed E-state index contributed by atoms with van der Waals surface area (Å²) >= 11 is 0. The molecule has 0 saturated heterocycles. The molecule has 0 atom stereocenters. The van der Waals surface area contributed by atoms with Crippen LogP contribution in [0.4, 0.5) is 0 Å². The highest BCUT2D eigenvalue weighted by molar-refractivity contribution is 5.18. The Morgan fingerprint density at radius 2 is 1.93 bits per heavy atom. The first kappa shape index (κ1) is 9.80. The van der Waals surface area contributed by atoms with E-state index in [2.05, 4.69) is 0 Å². The first-order valence-electron chi connectivity index (χ1n) is 4.73. The van der Waals surface area contributed by atoms with Crippen molar-refractivity contribution in [3.63, 3.8) is 0 Å². The normalized spacial score (nSPS) is 10.2. The van der Waals surface area contributed by atoms with Crippen LogP contribution in [-0.2, 0) is 13.2 Å². The summed E-state index contributed by atoms with van der Waals surface area (Å²) in [6.45, 7) is 0.442. The fourth-order valence-corrected chi connectivity index (χ4v) is 1.24. The van der Waals surface area contributed by atoms with Gasteiger partial charge < -0.3 is 14.3 Å². The Labute approximate surface area is 87.9 Å². The second-order valence-electron chi connectivity index (χ2n) is 3.21. The number of furan rings is 1. The van der Waals surface area contributed by atoms with E-state index in [9.17, 15) is 0 Å². The van der Waals surface area contributed by atoms with Crippen molar-refractivity contribution in [3.05, 3.63) is 53.8 Å². The van der Waals surface area contributed by atoms with Gasteiger partial charge in [0.15, 0.2) is 0 Å². The monoisotopic (exact) mass is 204 g/mol. The number of ether oxygens (including phenoxy) is 1. The number of aliphatic hydroxyl groups excluding tert-OH is 1. The molecule has 1 aromatic carbocycles. The molecule has 2 aromatic rings. The molecule has 0 unspecified atom stereocenters. The van der Waals surface area contributed by atoms with Gasteiger partial charge in [0.05, 0.1) is 6.61 Å². The summed E-state index contributed by atoms with van der Waals surface area (Å²) in [5, 5.41) is 8.82. The predicted octanol–water partition coefficient (Wildman–Crippen LogP) is 2.35. The average molecular weight is 204 g/mol. The maximum atomic E-state index is 8.82. The van der Waals surface area contributed by atoms with Crippen molar-refractivity contribution in [1.82, 2.24) is 0 Å². The lowest BCUT2D eigenvalue weighted by Gasteiger charge is -2.01. The van der Waals surface area contributed by atoms with E-state index in [1.54, 1.807) is 6.07 Å². The van der Waals surface area contributed by atoms with E-state index in [4.69, 9.17) is 14.3 Å². The lowest BCUT2D eigenvalue weighted by molar-refractivity contribution is 0.232. The van der Waals surface area contributed by atoms with E-state index in [0.29, 0.717) is 12.6 Å². The molecule has 1 aromatic heterocycles.